The summed E-state index contributed by atoms with van der Waals surface area (Å²) in [5, 5.41) is 3.00. The van der Waals surface area contributed by atoms with Crippen LogP contribution in [0.2, 0.25) is 0 Å². The van der Waals surface area contributed by atoms with Gasteiger partial charge in [-0.2, -0.15) is 0 Å². The van der Waals surface area contributed by atoms with Gasteiger partial charge < -0.3 is 9.05 Å². The highest BCUT2D eigenvalue weighted by Gasteiger charge is 2.50. The van der Waals surface area contributed by atoms with Crippen molar-refractivity contribution in [3.8, 4) is 0 Å². The molecule has 0 aliphatic heterocycles. The highest BCUT2D eigenvalue weighted by molar-refractivity contribution is 7.55. The molecular weight excluding hydrogens is 297 g/mol. The van der Waals surface area contributed by atoms with Crippen LogP contribution in [0.1, 0.15) is 51.5 Å². The van der Waals surface area contributed by atoms with Crippen molar-refractivity contribution in [3.63, 3.8) is 0 Å². The lowest BCUT2D eigenvalue weighted by atomic mass is 9.94. The molecule has 0 aromatic heterocycles. The average Bonchev–Trinajstić information content (AvgIpc) is 2.55. The summed E-state index contributed by atoms with van der Waals surface area (Å²) >= 11 is 0. The predicted octanol–water partition coefficient (Wildman–Crippen LogP) is 4.70. The molecule has 1 fully saturated rings. The minimum absolute atomic E-state index is 0.409. The van der Waals surface area contributed by atoms with Crippen molar-refractivity contribution in [2.75, 3.05) is 13.2 Å². The molecule has 2 rings (SSSR count). The van der Waals surface area contributed by atoms with E-state index in [-0.39, 0.29) is 0 Å². The van der Waals surface area contributed by atoms with Gasteiger partial charge in [0.2, 0.25) is 0 Å². The molecule has 1 N–H and O–H groups in total. The Morgan fingerprint density at radius 1 is 1.05 bits per heavy atom. The van der Waals surface area contributed by atoms with Crippen molar-refractivity contribution in [2.24, 2.45) is 0 Å². The summed E-state index contributed by atoms with van der Waals surface area (Å²) in [7, 11) is -3.17. The molecule has 1 aromatic carbocycles. The van der Waals surface area contributed by atoms with E-state index in [0.717, 1.165) is 25.7 Å². The van der Waals surface area contributed by atoms with Crippen molar-refractivity contribution in [1.82, 2.24) is 5.32 Å². The number of hydrogen-bond acceptors (Lipinski definition) is 4. The van der Waals surface area contributed by atoms with E-state index in [0.29, 0.717) is 19.8 Å². The summed E-state index contributed by atoms with van der Waals surface area (Å²) in [5.74, 6) is 0. The van der Waals surface area contributed by atoms with Gasteiger partial charge in [-0.1, -0.05) is 49.6 Å². The van der Waals surface area contributed by atoms with Gasteiger partial charge in [0.15, 0.2) is 0 Å². The first-order chi connectivity index (χ1) is 10.7. The van der Waals surface area contributed by atoms with E-state index in [1.807, 2.05) is 32.0 Å². The summed E-state index contributed by atoms with van der Waals surface area (Å²) in [6, 6.07) is 10.2. The van der Waals surface area contributed by atoms with Crippen LogP contribution in [0.4, 0.5) is 0 Å². The average molecular weight is 325 g/mol. The molecule has 0 amide bonds. The zero-order chi connectivity index (χ0) is 15.9. The van der Waals surface area contributed by atoms with Crippen LogP contribution in [0.15, 0.2) is 30.3 Å². The van der Waals surface area contributed by atoms with Crippen LogP contribution in [-0.4, -0.2) is 18.5 Å². The molecule has 0 atom stereocenters. The maximum atomic E-state index is 13.4. The third-order valence-electron chi connectivity index (χ3n) is 4.27. The topological polar surface area (TPSA) is 47.6 Å². The molecule has 4 nitrogen and oxygen atoms in total. The van der Waals surface area contributed by atoms with Crippen LogP contribution in [0, 0.1) is 0 Å². The summed E-state index contributed by atoms with van der Waals surface area (Å²) < 4.78 is 24.7. The molecule has 1 aromatic rings. The summed E-state index contributed by atoms with van der Waals surface area (Å²) in [6.07, 6.45) is 5.00. The molecule has 22 heavy (non-hydrogen) atoms. The quantitative estimate of drug-likeness (QED) is 0.704. The first-order valence-corrected chi connectivity index (χ1v) is 9.88. The van der Waals surface area contributed by atoms with Crippen molar-refractivity contribution in [2.45, 2.75) is 57.8 Å². The Morgan fingerprint density at radius 3 is 2.18 bits per heavy atom. The minimum atomic E-state index is -3.17. The SMILES string of the molecule is CCOP(=O)(OCC)C1(NCc2ccccc2)CCCCC1. The van der Waals surface area contributed by atoms with E-state index in [1.165, 1.54) is 12.0 Å². The van der Waals surface area contributed by atoms with Gasteiger partial charge in [-0.25, -0.2) is 0 Å². The molecule has 1 aliphatic carbocycles. The molecule has 1 saturated carbocycles. The first-order valence-electron chi connectivity index (χ1n) is 8.34. The third-order valence-corrected chi connectivity index (χ3v) is 7.12. The van der Waals surface area contributed by atoms with E-state index in [2.05, 4.69) is 17.4 Å². The number of benzene rings is 1. The van der Waals surface area contributed by atoms with Gasteiger partial charge in [0.25, 0.3) is 0 Å². The first kappa shape index (κ1) is 17.7. The fourth-order valence-corrected chi connectivity index (χ4v) is 5.56. The standard InChI is InChI=1S/C17H28NO3P/c1-3-20-22(19,21-4-2)17(13-9-6-10-14-17)18-15-16-11-7-5-8-12-16/h5,7-8,11-12,18H,3-4,6,9-10,13-15H2,1-2H3. The molecule has 0 saturated heterocycles. The molecule has 0 radical (unpaired) electrons. The summed E-state index contributed by atoms with van der Waals surface area (Å²) in [4.78, 5) is 0. The van der Waals surface area contributed by atoms with Crippen LogP contribution >= 0.6 is 7.60 Å². The molecule has 5 heteroatoms. The Hall–Kier alpha value is -0.670. The molecule has 1 aliphatic rings. The number of hydrogen-bond donors (Lipinski definition) is 1. The zero-order valence-electron chi connectivity index (χ0n) is 13.7. The second-order valence-electron chi connectivity index (χ2n) is 5.76. The molecule has 0 unspecified atom stereocenters. The van der Waals surface area contributed by atoms with Crippen molar-refractivity contribution in [1.29, 1.82) is 0 Å². The van der Waals surface area contributed by atoms with Crippen molar-refractivity contribution >= 4 is 7.60 Å². The van der Waals surface area contributed by atoms with Crippen molar-refractivity contribution < 1.29 is 13.6 Å². The fourth-order valence-electron chi connectivity index (χ4n) is 3.17. The van der Waals surface area contributed by atoms with Crippen LogP contribution < -0.4 is 5.32 Å². The number of rotatable bonds is 8. The smallest absolute Gasteiger partial charge is 0.308 e. The summed E-state index contributed by atoms with van der Waals surface area (Å²) in [6.45, 7) is 5.25. The highest BCUT2D eigenvalue weighted by Crippen LogP contribution is 2.63. The van der Waals surface area contributed by atoms with Gasteiger partial charge >= 0.3 is 7.60 Å². The minimum Gasteiger partial charge on any atom is -0.308 e. The maximum Gasteiger partial charge on any atom is 0.350 e. The van der Waals surface area contributed by atoms with Crippen LogP contribution in [-0.2, 0) is 20.2 Å². The molecular formula is C17H28NO3P. The van der Waals surface area contributed by atoms with E-state index < -0.39 is 12.9 Å². The molecule has 124 valence electrons. The van der Waals surface area contributed by atoms with E-state index >= 15 is 0 Å². The van der Waals surface area contributed by atoms with Gasteiger partial charge in [-0.3, -0.25) is 9.88 Å². The van der Waals surface area contributed by atoms with Gasteiger partial charge in [0, 0.05) is 6.54 Å². The van der Waals surface area contributed by atoms with Gasteiger partial charge in [0.1, 0.15) is 5.28 Å². The van der Waals surface area contributed by atoms with Gasteiger partial charge in [0.05, 0.1) is 13.2 Å². The summed E-state index contributed by atoms with van der Waals surface area (Å²) in [5.41, 5.74) is 1.19. The predicted molar refractivity (Wildman–Crippen MR) is 90.0 cm³/mol. The lowest BCUT2D eigenvalue weighted by molar-refractivity contribution is 0.166. The Kier molecular flexibility index (Phi) is 6.64. The normalized spacial score (nSPS) is 18.3. The molecule has 0 spiro atoms. The van der Waals surface area contributed by atoms with Gasteiger partial charge in [-0.05, 0) is 32.3 Å². The Labute approximate surface area is 134 Å². The largest absolute Gasteiger partial charge is 0.350 e. The lowest BCUT2D eigenvalue weighted by Crippen LogP contribution is -2.47. The molecule has 0 heterocycles. The second kappa shape index (κ2) is 8.26. The monoisotopic (exact) mass is 325 g/mol. The van der Waals surface area contributed by atoms with Crippen molar-refractivity contribution in [3.05, 3.63) is 35.9 Å². The van der Waals surface area contributed by atoms with E-state index in [1.54, 1.807) is 0 Å². The van der Waals surface area contributed by atoms with E-state index in [9.17, 15) is 4.57 Å². The van der Waals surface area contributed by atoms with E-state index in [4.69, 9.17) is 9.05 Å². The zero-order valence-corrected chi connectivity index (χ0v) is 14.6. The van der Waals surface area contributed by atoms with Crippen LogP contribution in [0.5, 0.6) is 0 Å². The maximum absolute atomic E-state index is 13.4. The Bertz CT molecular complexity index is 476. The van der Waals surface area contributed by atoms with Gasteiger partial charge in [-0.15, -0.1) is 0 Å². The van der Waals surface area contributed by atoms with Crippen LogP contribution in [0.3, 0.4) is 0 Å². The Morgan fingerprint density at radius 2 is 1.64 bits per heavy atom. The Balaban J connectivity index is 2.20. The lowest BCUT2D eigenvalue weighted by Gasteiger charge is -2.42. The number of nitrogens with one attached hydrogen (secondary N) is 1. The molecule has 0 bridgehead atoms. The third kappa shape index (κ3) is 3.99. The highest BCUT2D eigenvalue weighted by atomic mass is 31.2. The fraction of sp³-hybridized carbons (Fsp3) is 0.647. The van der Waals surface area contributed by atoms with Crippen LogP contribution in [0.25, 0.3) is 0 Å². The second-order valence-corrected chi connectivity index (χ2v) is 8.13.